The van der Waals surface area contributed by atoms with E-state index in [-0.39, 0.29) is 10.7 Å². The summed E-state index contributed by atoms with van der Waals surface area (Å²) in [6.07, 6.45) is 0.798. The lowest BCUT2D eigenvalue weighted by molar-refractivity contribution is -0.120. The van der Waals surface area contributed by atoms with Crippen LogP contribution in [-0.2, 0) is 11.2 Å². The molecule has 1 aromatic rings. The predicted molar refractivity (Wildman–Crippen MR) is 66.6 cm³/mol. The van der Waals surface area contributed by atoms with Gasteiger partial charge in [-0.25, -0.2) is 0 Å². The molecule has 82 valence electrons. The summed E-state index contributed by atoms with van der Waals surface area (Å²) >= 11 is 9.05. The number of halogens is 2. The molecular weight excluding hydrogens is 277 g/mol. The van der Waals surface area contributed by atoms with E-state index in [4.69, 9.17) is 11.6 Å². The third kappa shape index (κ3) is 4.67. The lowest BCUT2D eigenvalue weighted by Gasteiger charge is -2.06. The Morgan fingerprint density at radius 2 is 2.33 bits per heavy atom. The minimum Gasteiger partial charge on any atom is -0.355 e. The van der Waals surface area contributed by atoms with Crippen LogP contribution in [0.2, 0.25) is 5.02 Å². The maximum Gasteiger partial charge on any atom is 0.233 e. The molecule has 0 radical (unpaired) electrons. The Labute approximate surface area is 103 Å². The molecule has 0 spiro atoms. The highest BCUT2D eigenvalue weighted by Gasteiger charge is 2.06. The van der Waals surface area contributed by atoms with Crippen LogP contribution in [0.3, 0.4) is 0 Å². The zero-order chi connectivity index (χ0) is 11.3. The van der Waals surface area contributed by atoms with Gasteiger partial charge in [0.2, 0.25) is 5.91 Å². The highest BCUT2D eigenvalue weighted by atomic mass is 79.9. The fourth-order valence-electron chi connectivity index (χ4n) is 1.16. The molecule has 1 rings (SSSR count). The topological polar surface area (TPSA) is 29.1 Å². The first-order valence-electron chi connectivity index (χ1n) is 4.76. The maximum absolute atomic E-state index is 11.2. The van der Waals surface area contributed by atoms with Gasteiger partial charge in [-0.2, -0.15) is 0 Å². The van der Waals surface area contributed by atoms with Crippen molar-refractivity contribution in [1.29, 1.82) is 0 Å². The Kier molecular flexibility index (Phi) is 5.12. The van der Waals surface area contributed by atoms with Crippen molar-refractivity contribution < 1.29 is 4.79 Å². The third-order valence-corrected chi connectivity index (χ3v) is 2.61. The minimum atomic E-state index is -0.142. The number of amides is 1. The van der Waals surface area contributed by atoms with Crippen molar-refractivity contribution in [3.8, 4) is 0 Å². The molecule has 0 heterocycles. The largest absolute Gasteiger partial charge is 0.355 e. The molecule has 2 nitrogen and oxygen atoms in total. The lowest BCUT2D eigenvalue weighted by atomic mass is 10.1. The van der Waals surface area contributed by atoms with Gasteiger partial charge in [0.25, 0.3) is 0 Å². The van der Waals surface area contributed by atoms with E-state index in [0.717, 1.165) is 17.0 Å². The summed E-state index contributed by atoms with van der Waals surface area (Å²) in [7, 11) is 0. The first kappa shape index (κ1) is 12.5. The Hall–Kier alpha value is -0.540. The van der Waals surface area contributed by atoms with E-state index < -0.39 is 0 Å². The number of nitrogens with one attached hydrogen (secondary N) is 1. The molecule has 0 saturated carbocycles. The highest BCUT2D eigenvalue weighted by Crippen LogP contribution is 2.10. The van der Waals surface area contributed by atoms with Crippen molar-refractivity contribution in [2.45, 2.75) is 18.2 Å². The molecule has 0 aromatic heterocycles. The standard InChI is InChI=1S/C11H13BrClNO/c1-8(12)11(15)14-6-5-9-3-2-4-10(13)7-9/h2-4,7-8H,5-6H2,1H3,(H,14,15). The van der Waals surface area contributed by atoms with E-state index in [1.807, 2.05) is 24.3 Å². The van der Waals surface area contributed by atoms with E-state index in [1.54, 1.807) is 6.92 Å². The van der Waals surface area contributed by atoms with E-state index in [9.17, 15) is 4.79 Å². The molecule has 4 heteroatoms. The number of alkyl halides is 1. The second kappa shape index (κ2) is 6.13. The van der Waals surface area contributed by atoms with Crippen LogP contribution in [0.4, 0.5) is 0 Å². The first-order chi connectivity index (χ1) is 7.09. The third-order valence-electron chi connectivity index (χ3n) is 1.96. The number of benzene rings is 1. The van der Waals surface area contributed by atoms with Gasteiger partial charge in [0.1, 0.15) is 0 Å². The number of carbonyl (C=O) groups excluding carboxylic acids is 1. The number of hydrogen-bond donors (Lipinski definition) is 1. The molecule has 0 bridgehead atoms. The lowest BCUT2D eigenvalue weighted by Crippen LogP contribution is -2.30. The quantitative estimate of drug-likeness (QED) is 0.849. The van der Waals surface area contributed by atoms with Crippen LogP contribution in [-0.4, -0.2) is 17.3 Å². The van der Waals surface area contributed by atoms with Gasteiger partial charge in [-0.3, -0.25) is 4.79 Å². The smallest absolute Gasteiger partial charge is 0.233 e. The summed E-state index contributed by atoms with van der Waals surface area (Å²) in [6.45, 7) is 2.43. The molecular formula is C11H13BrClNO. The van der Waals surface area contributed by atoms with Gasteiger partial charge >= 0.3 is 0 Å². The minimum absolute atomic E-state index is 0.0111. The van der Waals surface area contributed by atoms with Crippen molar-refractivity contribution in [3.63, 3.8) is 0 Å². The van der Waals surface area contributed by atoms with Crippen LogP contribution >= 0.6 is 27.5 Å². The molecule has 15 heavy (non-hydrogen) atoms. The molecule has 1 amide bonds. The Bertz CT molecular complexity index is 341. The molecule has 0 aliphatic rings. The van der Waals surface area contributed by atoms with Gasteiger partial charge in [-0.05, 0) is 31.0 Å². The number of rotatable bonds is 4. The van der Waals surface area contributed by atoms with Crippen molar-refractivity contribution in [1.82, 2.24) is 5.32 Å². The molecule has 1 unspecified atom stereocenters. The monoisotopic (exact) mass is 289 g/mol. The first-order valence-corrected chi connectivity index (χ1v) is 6.05. The number of hydrogen-bond acceptors (Lipinski definition) is 1. The Balaban J connectivity index is 2.35. The molecule has 0 aliphatic heterocycles. The van der Waals surface area contributed by atoms with Gasteiger partial charge in [-0.1, -0.05) is 39.7 Å². The van der Waals surface area contributed by atoms with E-state index in [0.29, 0.717) is 6.54 Å². The van der Waals surface area contributed by atoms with Crippen molar-refractivity contribution in [3.05, 3.63) is 34.9 Å². The van der Waals surface area contributed by atoms with Crippen LogP contribution < -0.4 is 5.32 Å². The van der Waals surface area contributed by atoms with Crippen molar-refractivity contribution in [2.24, 2.45) is 0 Å². The average Bonchev–Trinajstić information content (AvgIpc) is 2.17. The van der Waals surface area contributed by atoms with Gasteiger partial charge in [-0.15, -0.1) is 0 Å². The van der Waals surface area contributed by atoms with E-state index in [2.05, 4.69) is 21.2 Å². The summed E-state index contributed by atoms with van der Waals surface area (Å²) in [5.41, 5.74) is 1.13. The van der Waals surface area contributed by atoms with Crippen LogP contribution in [0.25, 0.3) is 0 Å². The fourth-order valence-corrected chi connectivity index (χ4v) is 1.54. The maximum atomic E-state index is 11.2. The van der Waals surface area contributed by atoms with Crippen LogP contribution in [0.1, 0.15) is 12.5 Å². The SMILES string of the molecule is CC(Br)C(=O)NCCc1cccc(Cl)c1. The van der Waals surface area contributed by atoms with Gasteiger partial charge in [0.15, 0.2) is 0 Å². The summed E-state index contributed by atoms with van der Waals surface area (Å²) in [6, 6.07) is 7.65. The van der Waals surface area contributed by atoms with E-state index in [1.165, 1.54) is 0 Å². The zero-order valence-electron chi connectivity index (χ0n) is 8.47. The van der Waals surface area contributed by atoms with Gasteiger partial charge < -0.3 is 5.32 Å². The highest BCUT2D eigenvalue weighted by molar-refractivity contribution is 9.10. The molecule has 1 atom stereocenters. The Morgan fingerprint density at radius 3 is 2.93 bits per heavy atom. The fraction of sp³-hybridized carbons (Fsp3) is 0.364. The summed E-state index contributed by atoms with van der Waals surface area (Å²) in [5.74, 6) is 0.0111. The molecule has 0 aliphatic carbocycles. The van der Waals surface area contributed by atoms with E-state index >= 15 is 0 Å². The summed E-state index contributed by atoms with van der Waals surface area (Å²) in [5, 5.41) is 3.55. The van der Waals surface area contributed by atoms with Gasteiger partial charge in [0.05, 0.1) is 4.83 Å². The average molecular weight is 291 g/mol. The summed E-state index contributed by atoms with van der Waals surface area (Å²) in [4.78, 5) is 11.1. The number of carbonyl (C=O) groups is 1. The zero-order valence-corrected chi connectivity index (χ0v) is 10.8. The van der Waals surface area contributed by atoms with Crippen LogP contribution in [0.5, 0.6) is 0 Å². The molecule has 1 aromatic carbocycles. The second-order valence-electron chi connectivity index (χ2n) is 3.29. The molecule has 1 N–H and O–H groups in total. The van der Waals surface area contributed by atoms with Crippen molar-refractivity contribution >= 4 is 33.4 Å². The van der Waals surface area contributed by atoms with Crippen LogP contribution in [0.15, 0.2) is 24.3 Å². The normalized spacial score (nSPS) is 12.2. The van der Waals surface area contributed by atoms with Crippen molar-refractivity contribution in [2.75, 3.05) is 6.54 Å². The van der Waals surface area contributed by atoms with Crippen LogP contribution in [0, 0.1) is 0 Å². The second-order valence-corrected chi connectivity index (χ2v) is 5.10. The molecule has 0 saturated heterocycles. The Morgan fingerprint density at radius 1 is 1.60 bits per heavy atom. The summed E-state index contributed by atoms with van der Waals surface area (Å²) < 4.78 is 0. The van der Waals surface area contributed by atoms with Gasteiger partial charge in [0, 0.05) is 11.6 Å². The predicted octanol–water partition coefficient (Wildman–Crippen LogP) is 2.78. The molecule has 0 fully saturated rings.